The number of rotatable bonds is 5. The molecule has 6 nitrogen and oxygen atoms in total. The molecule has 2 aliphatic rings. The monoisotopic (exact) mass is 316 g/mol. The standard InChI is InChI=1S/C17H20N2O4/c1-10(17(22)23)9-19(13-4-5-13)16(21)12-2-6-14-11(8-12)3-7-15(20)18-14/h2,6,8,10,13H,3-5,7,9H2,1H3,(H,18,20)(H,22,23). The maximum atomic E-state index is 12.8. The fraction of sp³-hybridized carbons (Fsp3) is 0.471. The molecule has 1 aliphatic heterocycles. The van der Waals surface area contributed by atoms with E-state index in [9.17, 15) is 14.4 Å². The third-order valence-corrected chi connectivity index (χ3v) is 4.39. The number of hydrogen-bond acceptors (Lipinski definition) is 3. The molecule has 1 aromatic rings. The van der Waals surface area contributed by atoms with Crippen LogP contribution in [0.15, 0.2) is 18.2 Å². The lowest BCUT2D eigenvalue weighted by atomic mass is 9.99. The second-order valence-electron chi connectivity index (χ2n) is 6.35. The Morgan fingerprint density at radius 3 is 2.74 bits per heavy atom. The van der Waals surface area contributed by atoms with Crippen molar-refractivity contribution in [3.8, 4) is 0 Å². The summed E-state index contributed by atoms with van der Waals surface area (Å²) in [5, 5.41) is 11.9. The second kappa shape index (κ2) is 6.02. The number of carboxylic acid groups (broad SMARTS) is 1. The Morgan fingerprint density at radius 1 is 1.35 bits per heavy atom. The normalized spacial score (nSPS) is 17.9. The van der Waals surface area contributed by atoms with E-state index in [1.165, 1.54) is 0 Å². The van der Waals surface area contributed by atoms with Gasteiger partial charge >= 0.3 is 5.97 Å². The number of benzene rings is 1. The van der Waals surface area contributed by atoms with Crippen molar-refractivity contribution < 1.29 is 19.5 Å². The summed E-state index contributed by atoms with van der Waals surface area (Å²) in [6.45, 7) is 1.85. The van der Waals surface area contributed by atoms with E-state index >= 15 is 0 Å². The van der Waals surface area contributed by atoms with Crippen LogP contribution in [-0.2, 0) is 16.0 Å². The van der Waals surface area contributed by atoms with Crippen LogP contribution in [0.3, 0.4) is 0 Å². The van der Waals surface area contributed by atoms with Gasteiger partial charge in [-0.25, -0.2) is 0 Å². The molecule has 1 heterocycles. The SMILES string of the molecule is CC(CN(C(=O)c1ccc2c(c1)CCC(=O)N2)C1CC1)C(=O)O. The fourth-order valence-corrected chi connectivity index (χ4v) is 2.84. The minimum Gasteiger partial charge on any atom is -0.481 e. The zero-order chi connectivity index (χ0) is 16.6. The van der Waals surface area contributed by atoms with Gasteiger partial charge in [-0.15, -0.1) is 0 Å². The summed E-state index contributed by atoms with van der Waals surface area (Å²) in [5.41, 5.74) is 2.27. The van der Waals surface area contributed by atoms with Crippen molar-refractivity contribution >= 4 is 23.5 Å². The molecule has 23 heavy (non-hydrogen) atoms. The van der Waals surface area contributed by atoms with Crippen LogP contribution < -0.4 is 5.32 Å². The molecule has 1 atom stereocenters. The summed E-state index contributed by atoms with van der Waals surface area (Å²) in [5.74, 6) is -1.61. The zero-order valence-electron chi connectivity index (χ0n) is 13.0. The first kappa shape index (κ1) is 15.5. The number of nitrogens with zero attached hydrogens (tertiary/aromatic N) is 1. The fourth-order valence-electron chi connectivity index (χ4n) is 2.84. The van der Waals surface area contributed by atoms with E-state index in [0.717, 1.165) is 24.1 Å². The van der Waals surface area contributed by atoms with Crippen LogP contribution in [0.1, 0.15) is 42.1 Å². The lowest BCUT2D eigenvalue weighted by Gasteiger charge is -2.25. The van der Waals surface area contributed by atoms with Crippen LogP contribution in [0, 0.1) is 5.92 Å². The van der Waals surface area contributed by atoms with E-state index in [2.05, 4.69) is 5.32 Å². The Bertz CT molecular complexity index is 667. The number of anilines is 1. The van der Waals surface area contributed by atoms with Crippen molar-refractivity contribution in [2.75, 3.05) is 11.9 Å². The summed E-state index contributed by atoms with van der Waals surface area (Å²) in [6.07, 6.45) is 2.91. The van der Waals surface area contributed by atoms with E-state index in [0.29, 0.717) is 18.4 Å². The number of carbonyl (C=O) groups is 3. The highest BCUT2D eigenvalue weighted by molar-refractivity contribution is 5.98. The van der Waals surface area contributed by atoms with Gasteiger partial charge in [0.1, 0.15) is 0 Å². The number of hydrogen-bond donors (Lipinski definition) is 2. The molecule has 0 saturated heterocycles. The Kier molecular flexibility index (Phi) is 4.07. The molecule has 2 N–H and O–H groups in total. The maximum Gasteiger partial charge on any atom is 0.308 e. The predicted molar refractivity (Wildman–Crippen MR) is 84.3 cm³/mol. The highest BCUT2D eigenvalue weighted by Gasteiger charge is 2.35. The summed E-state index contributed by atoms with van der Waals surface area (Å²) in [4.78, 5) is 36.9. The van der Waals surface area contributed by atoms with Crippen molar-refractivity contribution in [3.05, 3.63) is 29.3 Å². The van der Waals surface area contributed by atoms with E-state index in [-0.39, 0.29) is 24.4 Å². The summed E-state index contributed by atoms with van der Waals surface area (Å²) >= 11 is 0. The van der Waals surface area contributed by atoms with Gasteiger partial charge in [0.15, 0.2) is 0 Å². The molecule has 0 bridgehead atoms. The number of nitrogens with one attached hydrogen (secondary N) is 1. The first-order valence-electron chi connectivity index (χ1n) is 7.92. The Balaban J connectivity index is 1.80. The average Bonchev–Trinajstić information content (AvgIpc) is 3.35. The molecule has 1 fully saturated rings. The van der Waals surface area contributed by atoms with Gasteiger partial charge in [-0.05, 0) is 43.0 Å². The van der Waals surface area contributed by atoms with Gasteiger partial charge in [-0.1, -0.05) is 6.92 Å². The van der Waals surface area contributed by atoms with Gasteiger partial charge in [0, 0.05) is 30.3 Å². The van der Waals surface area contributed by atoms with Gasteiger partial charge in [-0.2, -0.15) is 0 Å². The smallest absolute Gasteiger partial charge is 0.308 e. The molecule has 1 saturated carbocycles. The van der Waals surface area contributed by atoms with E-state index in [1.807, 2.05) is 6.07 Å². The number of aliphatic carboxylic acids is 1. The van der Waals surface area contributed by atoms with Crippen LogP contribution in [0.5, 0.6) is 0 Å². The van der Waals surface area contributed by atoms with E-state index in [4.69, 9.17) is 5.11 Å². The largest absolute Gasteiger partial charge is 0.481 e. The van der Waals surface area contributed by atoms with Gasteiger partial charge in [-0.3, -0.25) is 14.4 Å². The minimum absolute atomic E-state index is 0.00790. The molecule has 0 spiro atoms. The zero-order valence-corrected chi connectivity index (χ0v) is 13.0. The quantitative estimate of drug-likeness (QED) is 0.868. The first-order valence-corrected chi connectivity index (χ1v) is 7.92. The molecule has 1 unspecified atom stereocenters. The number of fused-ring (bicyclic) bond motifs is 1. The first-order chi connectivity index (χ1) is 11.0. The number of amides is 2. The Hall–Kier alpha value is -2.37. The summed E-state index contributed by atoms with van der Waals surface area (Å²) in [6, 6.07) is 5.43. The third-order valence-electron chi connectivity index (χ3n) is 4.39. The Labute approximate surface area is 134 Å². The predicted octanol–water partition coefficient (Wildman–Crippen LogP) is 1.90. The molecule has 1 aromatic carbocycles. The summed E-state index contributed by atoms with van der Waals surface area (Å²) < 4.78 is 0. The average molecular weight is 316 g/mol. The molecular weight excluding hydrogens is 296 g/mol. The van der Waals surface area contributed by atoms with Crippen LogP contribution in [0.2, 0.25) is 0 Å². The molecular formula is C17H20N2O4. The lowest BCUT2D eigenvalue weighted by Crippen LogP contribution is -2.38. The van der Waals surface area contributed by atoms with Crippen LogP contribution in [0.25, 0.3) is 0 Å². The van der Waals surface area contributed by atoms with Crippen molar-refractivity contribution in [3.63, 3.8) is 0 Å². The number of carboxylic acids is 1. The topological polar surface area (TPSA) is 86.7 Å². The van der Waals surface area contributed by atoms with Crippen LogP contribution in [-0.4, -0.2) is 40.4 Å². The maximum absolute atomic E-state index is 12.8. The highest BCUT2D eigenvalue weighted by atomic mass is 16.4. The highest BCUT2D eigenvalue weighted by Crippen LogP contribution is 2.30. The minimum atomic E-state index is -0.892. The van der Waals surface area contributed by atoms with Crippen molar-refractivity contribution in [2.24, 2.45) is 5.92 Å². The molecule has 122 valence electrons. The molecule has 6 heteroatoms. The lowest BCUT2D eigenvalue weighted by molar-refractivity contribution is -0.141. The van der Waals surface area contributed by atoms with E-state index in [1.54, 1.807) is 24.0 Å². The van der Waals surface area contributed by atoms with Crippen molar-refractivity contribution in [1.82, 2.24) is 4.90 Å². The van der Waals surface area contributed by atoms with Crippen LogP contribution >= 0.6 is 0 Å². The summed E-state index contributed by atoms with van der Waals surface area (Å²) in [7, 11) is 0. The van der Waals surface area contributed by atoms with Gasteiger partial charge in [0.05, 0.1) is 5.92 Å². The Morgan fingerprint density at radius 2 is 2.09 bits per heavy atom. The van der Waals surface area contributed by atoms with Crippen molar-refractivity contribution in [1.29, 1.82) is 0 Å². The third kappa shape index (κ3) is 3.36. The van der Waals surface area contributed by atoms with Crippen molar-refractivity contribution in [2.45, 2.75) is 38.6 Å². The number of aryl methyl sites for hydroxylation is 1. The molecule has 0 radical (unpaired) electrons. The van der Waals surface area contributed by atoms with Crippen LogP contribution in [0.4, 0.5) is 5.69 Å². The van der Waals surface area contributed by atoms with E-state index < -0.39 is 11.9 Å². The molecule has 1 aliphatic carbocycles. The molecule has 2 amide bonds. The number of carbonyl (C=O) groups excluding carboxylic acids is 2. The second-order valence-corrected chi connectivity index (χ2v) is 6.35. The molecule has 3 rings (SSSR count). The van der Waals surface area contributed by atoms with Gasteiger partial charge in [0.25, 0.3) is 5.91 Å². The molecule has 0 aromatic heterocycles. The van der Waals surface area contributed by atoms with Gasteiger partial charge in [0.2, 0.25) is 5.91 Å². The van der Waals surface area contributed by atoms with Gasteiger partial charge < -0.3 is 15.3 Å².